The quantitative estimate of drug-likeness (QED) is 0.795. The van der Waals surface area contributed by atoms with E-state index in [2.05, 4.69) is 17.2 Å². The average Bonchev–Trinajstić information content (AvgIpc) is 2.75. The molecule has 1 heterocycles. The first-order chi connectivity index (χ1) is 7.79. The Kier molecular flexibility index (Phi) is 3.19. The van der Waals surface area contributed by atoms with Gasteiger partial charge in [-0.25, -0.2) is 0 Å². The number of rotatable bonds is 4. The molecule has 0 aliphatic heterocycles. The molecule has 0 aliphatic rings. The lowest BCUT2D eigenvalue weighted by atomic mass is 10.1. The van der Waals surface area contributed by atoms with Crippen molar-refractivity contribution in [1.82, 2.24) is 15.0 Å². The summed E-state index contributed by atoms with van der Waals surface area (Å²) in [6.45, 7) is 4.66. The molecule has 0 atom stereocenters. The SMILES string of the molecule is [CH2]CCCn1cc(-c2cccc(N)c2)nn1. The van der Waals surface area contributed by atoms with E-state index in [-0.39, 0.29) is 0 Å². The Morgan fingerprint density at radius 1 is 1.38 bits per heavy atom. The molecule has 0 amide bonds. The predicted molar refractivity (Wildman–Crippen MR) is 64.5 cm³/mol. The molecule has 1 aromatic heterocycles. The predicted octanol–water partition coefficient (Wildman–Crippen LogP) is 2.14. The number of aryl methyl sites for hydroxylation is 1. The Morgan fingerprint density at radius 2 is 2.25 bits per heavy atom. The molecule has 1 radical (unpaired) electrons. The summed E-state index contributed by atoms with van der Waals surface area (Å²) in [4.78, 5) is 0. The lowest BCUT2D eigenvalue weighted by molar-refractivity contribution is 0.562. The lowest BCUT2D eigenvalue weighted by Gasteiger charge is -1.97. The van der Waals surface area contributed by atoms with Gasteiger partial charge in [0.2, 0.25) is 0 Å². The molecule has 0 spiro atoms. The Morgan fingerprint density at radius 3 is 3.00 bits per heavy atom. The van der Waals surface area contributed by atoms with Crippen LogP contribution in [0.3, 0.4) is 0 Å². The fourth-order valence-corrected chi connectivity index (χ4v) is 1.51. The van der Waals surface area contributed by atoms with Gasteiger partial charge in [-0.05, 0) is 18.6 Å². The van der Waals surface area contributed by atoms with E-state index in [1.165, 1.54) is 0 Å². The van der Waals surface area contributed by atoms with Crippen LogP contribution in [0.15, 0.2) is 30.5 Å². The molecule has 2 rings (SSSR count). The molecule has 0 saturated carbocycles. The van der Waals surface area contributed by atoms with E-state index in [9.17, 15) is 0 Å². The molecule has 4 nitrogen and oxygen atoms in total. The van der Waals surface area contributed by atoms with Crippen LogP contribution in [0.25, 0.3) is 11.3 Å². The topological polar surface area (TPSA) is 56.7 Å². The first-order valence-corrected chi connectivity index (χ1v) is 5.35. The summed E-state index contributed by atoms with van der Waals surface area (Å²) in [7, 11) is 0. The number of aromatic nitrogens is 3. The normalized spacial score (nSPS) is 10.6. The maximum absolute atomic E-state index is 5.72. The maximum atomic E-state index is 5.72. The van der Waals surface area contributed by atoms with Crippen molar-refractivity contribution in [3.63, 3.8) is 0 Å². The smallest absolute Gasteiger partial charge is 0.113 e. The number of nitrogens with two attached hydrogens (primary N) is 1. The van der Waals surface area contributed by atoms with Crippen LogP contribution < -0.4 is 5.73 Å². The first kappa shape index (κ1) is 10.7. The molecule has 4 heteroatoms. The number of hydrogen-bond donors (Lipinski definition) is 1. The Labute approximate surface area is 95.1 Å². The van der Waals surface area contributed by atoms with E-state index >= 15 is 0 Å². The third kappa shape index (κ3) is 2.39. The van der Waals surface area contributed by atoms with Gasteiger partial charge in [0.25, 0.3) is 0 Å². The molecule has 0 bridgehead atoms. The molecule has 2 N–H and O–H groups in total. The van der Waals surface area contributed by atoms with Crippen molar-refractivity contribution >= 4 is 5.69 Å². The second-order valence-corrected chi connectivity index (χ2v) is 3.70. The van der Waals surface area contributed by atoms with Crippen LogP contribution in [0.4, 0.5) is 5.69 Å². The van der Waals surface area contributed by atoms with E-state index < -0.39 is 0 Å². The van der Waals surface area contributed by atoms with Crippen molar-refractivity contribution in [2.24, 2.45) is 0 Å². The number of nitrogens with zero attached hydrogens (tertiary/aromatic N) is 3. The van der Waals surface area contributed by atoms with E-state index in [1.807, 2.05) is 35.1 Å². The minimum Gasteiger partial charge on any atom is -0.399 e. The highest BCUT2D eigenvalue weighted by Gasteiger charge is 2.03. The summed E-state index contributed by atoms with van der Waals surface area (Å²) in [5.41, 5.74) is 8.32. The van der Waals surface area contributed by atoms with Crippen molar-refractivity contribution in [1.29, 1.82) is 0 Å². The van der Waals surface area contributed by atoms with Crippen LogP contribution in [-0.2, 0) is 6.54 Å². The van der Waals surface area contributed by atoms with E-state index in [4.69, 9.17) is 5.73 Å². The molecule has 0 fully saturated rings. The third-order valence-electron chi connectivity index (χ3n) is 2.36. The van der Waals surface area contributed by atoms with Crippen molar-refractivity contribution in [2.75, 3.05) is 5.73 Å². The fraction of sp³-hybridized carbons (Fsp3) is 0.250. The monoisotopic (exact) mass is 215 g/mol. The second kappa shape index (κ2) is 4.79. The fourth-order valence-electron chi connectivity index (χ4n) is 1.51. The lowest BCUT2D eigenvalue weighted by Crippen LogP contribution is -1.97. The van der Waals surface area contributed by atoms with Crippen molar-refractivity contribution in [3.05, 3.63) is 37.4 Å². The number of unbranched alkanes of at least 4 members (excludes halogenated alkanes) is 1. The number of nitrogen functional groups attached to an aromatic ring is 1. The zero-order valence-corrected chi connectivity index (χ0v) is 9.13. The molecule has 0 saturated heterocycles. The Balaban J connectivity index is 2.18. The molecule has 83 valence electrons. The summed E-state index contributed by atoms with van der Waals surface area (Å²) in [5.74, 6) is 0. The van der Waals surface area contributed by atoms with Crippen LogP contribution in [0, 0.1) is 6.92 Å². The van der Waals surface area contributed by atoms with Crippen molar-refractivity contribution < 1.29 is 0 Å². The molecular formula is C12H15N4. The van der Waals surface area contributed by atoms with Gasteiger partial charge in [-0.1, -0.05) is 30.7 Å². The molecular weight excluding hydrogens is 200 g/mol. The van der Waals surface area contributed by atoms with Gasteiger partial charge in [0.1, 0.15) is 5.69 Å². The third-order valence-corrected chi connectivity index (χ3v) is 2.36. The van der Waals surface area contributed by atoms with Gasteiger partial charge in [0.05, 0.1) is 6.20 Å². The van der Waals surface area contributed by atoms with E-state index in [0.717, 1.165) is 36.3 Å². The van der Waals surface area contributed by atoms with Gasteiger partial charge in [0, 0.05) is 17.8 Å². The summed E-state index contributed by atoms with van der Waals surface area (Å²) in [6, 6.07) is 7.65. The van der Waals surface area contributed by atoms with Gasteiger partial charge in [-0.3, -0.25) is 4.68 Å². The summed E-state index contributed by atoms with van der Waals surface area (Å²) in [5, 5.41) is 8.18. The maximum Gasteiger partial charge on any atom is 0.113 e. The van der Waals surface area contributed by atoms with Gasteiger partial charge in [-0.2, -0.15) is 0 Å². The molecule has 16 heavy (non-hydrogen) atoms. The average molecular weight is 215 g/mol. The van der Waals surface area contributed by atoms with Crippen LogP contribution in [0.1, 0.15) is 12.8 Å². The minimum absolute atomic E-state index is 0.741. The molecule has 1 aromatic carbocycles. The van der Waals surface area contributed by atoms with Crippen LogP contribution in [-0.4, -0.2) is 15.0 Å². The Hall–Kier alpha value is -1.84. The molecule has 2 aromatic rings. The van der Waals surface area contributed by atoms with Gasteiger partial charge < -0.3 is 5.73 Å². The minimum atomic E-state index is 0.741. The highest BCUT2D eigenvalue weighted by Crippen LogP contribution is 2.18. The molecule has 0 aliphatic carbocycles. The van der Waals surface area contributed by atoms with Gasteiger partial charge in [0.15, 0.2) is 0 Å². The van der Waals surface area contributed by atoms with Gasteiger partial charge in [-0.15, -0.1) is 5.10 Å². The number of anilines is 1. The van der Waals surface area contributed by atoms with Crippen molar-refractivity contribution in [3.8, 4) is 11.3 Å². The summed E-state index contributed by atoms with van der Waals surface area (Å²) < 4.78 is 1.84. The standard InChI is InChI=1S/C12H15N4/c1-2-3-7-16-9-12(14-15-16)10-5-4-6-11(13)8-10/h4-6,8-9H,1-3,7,13H2. The second-order valence-electron chi connectivity index (χ2n) is 3.70. The summed E-state index contributed by atoms with van der Waals surface area (Å²) in [6.07, 6.45) is 3.86. The summed E-state index contributed by atoms with van der Waals surface area (Å²) >= 11 is 0. The van der Waals surface area contributed by atoms with Crippen LogP contribution in [0.5, 0.6) is 0 Å². The van der Waals surface area contributed by atoms with Gasteiger partial charge >= 0.3 is 0 Å². The zero-order valence-electron chi connectivity index (χ0n) is 9.13. The largest absolute Gasteiger partial charge is 0.399 e. The Bertz CT molecular complexity index is 462. The van der Waals surface area contributed by atoms with Crippen LogP contribution >= 0.6 is 0 Å². The molecule has 0 unspecified atom stereocenters. The first-order valence-electron chi connectivity index (χ1n) is 5.35. The van der Waals surface area contributed by atoms with Crippen molar-refractivity contribution in [2.45, 2.75) is 19.4 Å². The highest BCUT2D eigenvalue weighted by atomic mass is 15.4. The number of benzene rings is 1. The van der Waals surface area contributed by atoms with E-state index in [0.29, 0.717) is 0 Å². The van der Waals surface area contributed by atoms with E-state index in [1.54, 1.807) is 0 Å². The highest BCUT2D eigenvalue weighted by molar-refractivity contribution is 5.62. The van der Waals surface area contributed by atoms with Crippen LogP contribution in [0.2, 0.25) is 0 Å². The zero-order chi connectivity index (χ0) is 11.4. The number of hydrogen-bond acceptors (Lipinski definition) is 3.